The van der Waals surface area contributed by atoms with Crippen LogP contribution in [-0.4, -0.2) is 46.8 Å². The van der Waals surface area contributed by atoms with E-state index in [1.807, 2.05) is 24.3 Å². The molecule has 4 rings (SSSR count). The summed E-state index contributed by atoms with van der Waals surface area (Å²) in [5.41, 5.74) is -0.151. The molecular formula is C20H24F3N3O2. The molecule has 1 aromatic heterocycles. The largest absolute Gasteiger partial charge is 0.391 e. The quantitative estimate of drug-likeness (QED) is 0.818. The second-order valence-corrected chi connectivity index (χ2v) is 7.95. The molecule has 2 fully saturated rings. The molecule has 28 heavy (non-hydrogen) atoms. The summed E-state index contributed by atoms with van der Waals surface area (Å²) in [5, 5.41) is 24.1. The molecule has 1 aromatic carbocycles. The highest BCUT2D eigenvalue weighted by atomic mass is 19.4. The van der Waals surface area contributed by atoms with Gasteiger partial charge in [-0.1, -0.05) is 24.3 Å². The number of alkyl halides is 3. The SMILES string of the molecule is OC1(CNc2nnc([C@H]3CC[C@H](C(F)(F)F)CC3)c3ccccc23)CCOC1. The summed E-state index contributed by atoms with van der Waals surface area (Å²) in [6, 6.07) is 7.66. The van der Waals surface area contributed by atoms with Crippen molar-refractivity contribution in [3.8, 4) is 0 Å². The third kappa shape index (κ3) is 3.93. The van der Waals surface area contributed by atoms with Crippen LogP contribution in [0.3, 0.4) is 0 Å². The molecule has 2 aromatic rings. The predicted molar refractivity (Wildman–Crippen MR) is 99.2 cm³/mol. The van der Waals surface area contributed by atoms with Gasteiger partial charge in [-0.15, -0.1) is 5.10 Å². The van der Waals surface area contributed by atoms with Crippen molar-refractivity contribution in [1.29, 1.82) is 0 Å². The van der Waals surface area contributed by atoms with Crippen molar-refractivity contribution in [3.05, 3.63) is 30.0 Å². The highest BCUT2D eigenvalue weighted by molar-refractivity contribution is 5.93. The van der Waals surface area contributed by atoms with E-state index in [9.17, 15) is 18.3 Å². The van der Waals surface area contributed by atoms with Gasteiger partial charge in [0.2, 0.25) is 0 Å². The van der Waals surface area contributed by atoms with Crippen LogP contribution in [0.5, 0.6) is 0 Å². The Kier molecular flexibility index (Phi) is 5.18. The number of nitrogens with zero attached hydrogens (tertiary/aromatic N) is 2. The first kappa shape index (κ1) is 19.4. The van der Waals surface area contributed by atoms with Crippen molar-refractivity contribution in [2.75, 3.05) is 25.1 Å². The lowest BCUT2D eigenvalue weighted by atomic mass is 9.79. The molecule has 152 valence electrons. The summed E-state index contributed by atoms with van der Waals surface area (Å²) >= 11 is 0. The van der Waals surface area contributed by atoms with Crippen LogP contribution in [0.1, 0.15) is 43.7 Å². The highest BCUT2D eigenvalue weighted by Gasteiger charge is 2.42. The maximum atomic E-state index is 13.0. The molecule has 1 unspecified atom stereocenters. The molecule has 8 heteroatoms. The van der Waals surface area contributed by atoms with E-state index in [1.165, 1.54) is 0 Å². The molecule has 1 saturated heterocycles. The molecule has 1 aliphatic heterocycles. The van der Waals surface area contributed by atoms with Gasteiger partial charge in [0, 0.05) is 36.3 Å². The lowest BCUT2D eigenvalue weighted by Gasteiger charge is -2.30. The lowest BCUT2D eigenvalue weighted by molar-refractivity contribution is -0.182. The lowest BCUT2D eigenvalue weighted by Crippen LogP contribution is -2.37. The van der Waals surface area contributed by atoms with Crippen LogP contribution in [0.4, 0.5) is 19.0 Å². The summed E-state index contributed by atoms with van der Waals surface area (Å²) in [6.07, 6.45) is -2.35. The normalized spacial score (nSPS) is 28.6. The molecule has 1 aliphatic carbocycles. The van der Waals surface area contributed by atoms with Crippen LogP contribution in [0.25, 0.3) is 10.8 Å². The first-order valence-electron chi connectivity index (χ1n) is 9.72. The minimum Gasteiger partial charge on any atom is -0.386 e. The van der Waals surface area contributed by atoms with Gasteiger partial charge in [-0.05, 0) is 25.7 Å². The number of halogens is 3. The average Bonchev–Trinajstić information content (AvgIpc) is 3.12. The number of fused-ring (bicyclic) bond motifs is 1. The zero-order chi connectivity index (χ0) is 19.8. The fraction of sp³-hybridized carbons (Fsp3) is 0.600. The molecule has 1 saturated carbocycles. The average molecular weight is 395 g/mol. The van der Waals surface area contributed by atoms with Crippen molar-refractivity contribution < 1.29 is 23.0 Å². The van der Waals surface area contributed by atoms with Gasteiger partial charge in [-0.3, -0.25) is 0 Å². The number of nitrogens with one attached hydrogen (secondary N) is 1. The Bertz CT molecular complexity index is 829. The van der Waals surface area contributed by atoms with Gasteiger partial charge in [0.05, 0.1) is 18.2 Å². The Morgan fingerprint density at radius 1 is 1.11 bits per heavy atom. The van der Waals surface area contributed by atoms with Gasteiger partial charge >= 0.3 is 6.18 Å². The maximum Gasteiger partial charge on any atom is 0.391 e. The minimum atomic E-state index is -4.11. The molecule has 1 atom stereocenters. The van der Waals surface area contributed by atoms with E-state index < -0.39 is 17.7 Å². The number of hydrogen-bond donors (Lipinski definition) is 2. The van der Waals surface area contributed by atoms with E-state index in [4.69, 9.17) is 4.74 Å². The van der Waals surface area contributed by atoms with E-state index in [-0.39, 0.29) is 25.4 Å². The van der Waals surface area contributed by atoms with E-state index in [0.717, 1.165) is 16.5 Å². The Labute approximate surface area is 161 Å². The van der Waals surface area contributed by atoms with E-state index in [1.54, 1.807) is 0 Å². The molecule has 2 aliphatic rings. The van der Waals surface area contributed by atoms with Gasteiger partial charge in [0.25, 0.3) is 0 Å². The molecule has 0 amide bonds. The molecule has 0 bridgehead atoms. The first-order valence-corrected chi connectivity index (χ1v) is 9.72. The number of aliphatic hydroxyl groups is 1. The van der Waals surface area contributed by atoms with Crippen LogP contribution in [0.15, 0.2) is 24.3 Å². The van der Waals surface area contributed by atoms with E-state index in [2.05, 4.69) is 15.5 Å². The van der Waals surface area contributed by atoms with Crippen molar-refractivity contribution in [2.45, 2.75) is 49.8 Å². The third-order valence-electron chi connectivity index (χ3n) is 5.96. The summed E-state index contributed by atoms with van der Waals surface area (Å²) in [4.78, 5) is 0. The van der Waals surface area contributed by atoms with Gasteiger partial charge in [-0.2, -0.15) is 18.3 Å². The summed E-state index contributed by atoms with van der Waals surface area (Å²) in [6.45, 7) is 1.12. The minimum absolute atomic E-state index is 0.0162. The number of aromatic nitrogens is 2. The molecule has 5 nitrogen and oxygen atoms in total. The Morgan fingerprint density at radius 3 is 2.46 bits per heavy atom. The predicted octanol–water partition coefficient (Wildman–Crippen LogP) is 4.03. The number of benzene rings is 1. The molecule has 2 N–H and O–H groups in total. The van der Waals surface area contributed by atoms with Crippen LogP contribution < -0.4 is 5.32 Å². The van der Waals surface area contributed by atoms with E-state index in [0.29, 0.717) is 38.2 Å². The molecule has 0 spiro atoms. The second kappa shape index (κ2) is 7.48. The van der Waals surface area contributed by atoms with Crippen molar-refractivity contribution in [1.82, 2.24) is 10.2 Å². The number of rotatable bonds is 4. The van der Waals surface area contributed by atoms with Crippen molar-refractivity contribution in [2.24, 2.45) is 5.92 Å². The third-order valence-corrected chi connectivity index (χ3v) is 5.96. The molecule has 0 radical (unpaired) electrons. The Hall–Kier alpha value is -1.93. The fourth-order valence-electron chi connectivity index (χ4n) is 4.24. The molecular weight excluding hydrogens is 371 g/mol. The van der Waals surface area contributed by atoms with Gasteiger partial charge in [-0.25, -0.2) is 0 Å². The van der Waals surface area contributed by atoms with Gasteiger partial charge < -0.3 is 15.2 Å². The zero-order valence-corrected chi connectivity index (χ0v) is 15.5. The van der Waals surface area contributed by atoms with Crippen LogP contribution in [0, 0.1) is 5.92 Å². The van der Waals surface area contributed by atoms with Crippen LogP contribution >= 0.6 is 0 Å². The van der Waals surface area contributed by atoms with E-state index >= 15 is 0 Å². The number of ether oxygens (including phenoxy) is 1. The summed E-state index contributed by atoms with van der Waals surface area (Å²) in [7, 11) is 0. The number of anilines is 1. The van der Waals surface area contributed by atoms with Crippen LogP contribution in [0.2, 0.25) is 0 Å². The van der Waals surface area contributed by atoms with Gasteiger partial charge in [0.15, 0.2) is 5.82 Å². The van der Waals surface area contributed by atoms with Gasteiger partial charge in [0.1, 0.15) is 5.60 Å². The topological polar surface area (TPSA) is 67.3 Å². The van der Waals surface area contributed by atoms with Crippen molar-refractivity contribution >= 4 is 16.6 Å². The summed E-state index contributed by atoms with van der Waals surface area (Å²) < 4.78 is 44.1. The molecule has 2 heterocycles. The Balaban J connectivity index is 1.54. The number of hydrogen-bond acceptors (Lipinski definition) is 5. The second-order valence-electron chi connectivity index (χ2n) is 7.95. The Morgan fingerprint density at radius 2 is 1.82 bits per heavy atom. The smallest absolute Gasteiger partial charge is 0.386 e. The summed E-state index contributed by atoms with van der Waals surface area (Å²) in [5.74, 6) is -0.653. The maximum absolute atomic E-state index is 13.0. The van der Waals surface area contributed by atoms with Crippen molar-refractivity contribution in [3.63, 3.8) is 0 Å². The zero-order valence-electron chi connectivity index (χ0n) is 15.5. The fourth-order valence-corrected chi connectivity index (χ4v) is 4.24. The highest BCUT2D eigenvalue weighted by Crippen LogP contribution is 2.43. The van der Waals surface area contributed by atoms with Crippen LogP contribution in [-0.2, 0) is 4.74 Å². The standard InChI is InChI=1S/C20H24F3N3O2/c21-20(22,23)14-7-5-13(6-8-14)17-15-3-1-2-4-16(15)18(26-25-17)24-11-19(27)9-10-28-12-19/h1-4,13-14,27H,5-12H2,(H,24,26)/t13-,14-,19?. The first-order chi connectivity index (χ1) is 13.4. The monoisotopic (exact) mass is 395 g/mol.